The molecule has 0 aliphatic rings. The Hall–Kier alpha value is -2.91. The molecule has 0 saturated carbocycles. The van der Waals surface area contributed by atoms with E-state index < -0.39 is 5.97 Å². The van der Waals surface area contributed by atoms with Crippen molar-refractivity contribution in [1.82, 2.24) is 10.3 Å². The minimum atomic E-state index is -0.426. The van der Waals surface area contributed by atoms with Crippen LogP contribution in [0.25, 0.3) is 11.1 Å². The van der Waals surface area contributed by atoms with Gasteiger partial charge in [0.1, 0.15) is 0 Å². The lowest BCUT2D eigenvalue weighted by Crippen LogP contribution is -2.24. The number of halogens is 1. The molecule has 0 aliphatic carbocycles. The molecule has 0 radical (unpaired) electrons. The number of hydrogen-bond donors (Lipinski definition) is 2. The van der Waals surface area contributed by atoms with Crippen molar-refractivity contribution in [1.29, 1.82) is 0 Å². The van der Waals surface area contributed by atoms with Crippen molar-refractivity contribution in [3.63, 3.8) is 0 Å². The van der Waals surface area contributed by atoms with Gasteiger partial charge in [-0.05, 0) is 42.3 Å². The standard InChI is InChI=1S/C24H25BrN2O5S/c1-4-32-24(29)22-18(16-6-8-17(25)9-7-16)13-27-23(22)33-14-21(28)26-12-15-5-10-19(30-2)20(11-15)31-3/h5-11,13,27H,4,12,14H2,1-3H3,(H,26,28). The zero-order chi connectivity index (χ0) is 23.8. The molecular weight excluding hydrogens is 508 g/mol. The first-order chi connectivity index (χ1) is 16.0. The summed E-state index contributed by atoms with van der Waals surface area (Å²) in [6, 6.07) is 13.1. The van der Waals surface area contributed by atoms with Gasteiger partial charge in [0.15, 0.2) is 11.5 Å². The molecule has 2 aromatic carbocycles. The summed E-state index contributed by atoms with van der Waals surface area (Å²) < 4.78 is 16.7. The van der Waals surface area contributed by atoms with Gasteiger partial charge in [0, 0.05) is 22.8 Å². The minimum absolute atomic E-state index is 0.139. The van der Waals surface area contributed by atoms with Gasteiger partial charge < -0.3 is 24.5 Å². The van der Waals surface area contributed by atoms with Crippen LogP contribution >= 0.6 is 27.7 Å². The molecule has 7 nitrogen and oxygen atoms in total. The van der Waals surface area contributed by atoms with Gasteiger partial charge in [0.2, 0.25) is 5.91 Å². The molecule has 3 aromatic rings. The van der Waals surface area contributed by atoms with Crippen LogP contribution in [-0.2, 0) is 16.1 Å². The Labute approximate surface area is 205 Å². The first-order valence-corrected chi connectivity index (χ1v) is 12.0. The molecule has 1 amide bonds. The van der Waals surface area contributed by atoms with E-state index in [-0.39, 0.29) is 18.3 Å². The maximum atomic E-state index is 12.7. The Morgan fingerprint density at radius 3 is 2.45 bits per heavy atom. The molecule has 2 N–H and O–H groups in total. The molecule has 0 unspecified atom stereocenters. The third-order valence-corrected chi connectivity index (χ3v) is 6.31. The fourth-order valence-corrected chi connectivity index (χ4v) is 4.28. The molecule has 174 valence electrons. The zero-order valence-electron chi connectivity index (χ0n) is 18.6. The van der Waals surface area contributed by atoms with Gasteiger partial charge in [-0.1, -0.05) is 45.9 Å². The topological polar surface area (TPSA) is 89.7 Å². The number of aromatic nitrogens is 1. The van der Waals surface area contributed by atoms with E-state index in [2.05, 4.69) is 26.2 Å². The van der Waals surface area contributed by atoms with E-state index >= 15 is 0 Å². The molecule has 0 aliphatic heterocycles. The second kappa shape index (κ2) is 11.8. The van der Waals surface area contributed by atoms with Gasteiger partial charge in [-0.15, -0.1) is 0 Å². The van der Waals surface area contributed by atoms with Crippen LogP contribution in [0.4, 0.5) is 0 Å². The van der Waals surface area contributed by atoms with E-state index in [0.717, 1.165) is 21.2 Å². The number of amides is 1. The van der Waals surface area contributed by atoms with Crippen LogP contribution in [0, 0.1) is 0 Å². The maximum Gasteiger partial charge on any atom is 0.341 e. The van der Waals surface area contributed by atoms with Crippen LogP contribution < -0.4 is 14.8 Å². The average Bonchev–Trinajstić information content (AvgIpc) is 3.25. The summed E-state index contributed by atoms with van der Waals surface area (Å²) in [4.78, 5) is 28.3. The number of ether oxygens (including phenoxy) is 3. The third kappa shape index (κ3) is 6.33. The van der Waals surface area contributed by atoms with Crippen molar-refractivity contribution < 1.29 is 23.8 Å². The molecule has 3 rings (SSSR count). The normalized spacial score (nSPS) is 10.5. The lowest BCUT2D eigenvalue weighted by molar-refractivity contribution is -0.118. The van der Waals surface area contributed by atoms with Gasteiger partial charge in [-0.2, -0.15) is 0 Å². The number of rotatable bonds is 10. The lowest BCUT2D eigenvalue weighted by Gasteiger charge is -2.10. The minimum Gasteiger partial charge on any atom is -0.493 e. The Morgan fingerprint density at radius 1 is 1.06 bits per heavy atom. The zero-order valence-corrected chi connectivity index (χ0v) is 21.0. The number of H-pyrrole nitrogens is 1. The molecule has 0 saturated heterocycles. The van der Waals surface area contributed by atoms with Crippen molar-refractivity contribution in [3.8, 4) is 22.6 Å². The molecule has 1 heterocycles. The third-order valence-electron chi connectivity index (χ3n) is 4.76. The van der Waals surface area contributed by atoms with Crippen molar-refractivity contribution in [2.45, 2.75) is 18.5 Å². The van der Waals surface area contributed by atoms with Gasteiger partial charge in [-0.3, -0.25) is 4.79 Å². The largest absolute Gasteiger partial charge is 0.493 e. The summed E-state index contributed by atoms with van der Waals surface area (Å²) >= 11 is 4.68. The van der Waals surface area contributed by atoms with Gasteiger partial charge in [0.05, 0.1) is 37.2 Å². The van der Waals surface area contributed by atoms with Crippen molar-refractivity contribution in [2.24, 2.45) is 0 Å². The highest BCUT2D eigenvalue weighted by atomic mass is 79.9. The van der Waals surface area contributed by atoms with Crippen molar-refractivity contribution in [3.05, 3.63) is 64.3 Å². The predicted molar refractivity (Wildman–Crippen MR) is 132 cm³/mol. The fourth-order valence-electron chi connectivity index (χ4n) is 3.16. The van der Waals surface area contributed by atoms with Crippen LogP contribution in [0.3, 0.4) is 0 Å². The predicted octanol–water partition coefficient (Wildman–Crippen LogP) is 5.05. The number of aromatic amines is 1. The SMILES string of the molecule is CCOC(=O)c1c(-c2ccc(Br)cc2)c[nH]c1SCC(=O)NCc1ccc(OC)c(OC)c1. The number of esters is 1. The smallest absolute Gasteiger partial charge is 0.341 e. The fraction of sp³-hybridized carbons (Fsp3) is 0.250. The summed E-state index contributed by atoms with van der Waals surface area (Å²) in [6.07, 6.45) is 1.76. The Kier molecular flexibility index (Phi) is 8.85. The van der Waals surface area contributed by atoms with E-state index in [1.54, 1.807) is 33.4 Å². The van der Waals surface area contributed by atoms with Crippen molar-refractivity contribution >= 4 is 39.6 Å². The first-order valence-electron chi connectivity index (χ1n) is 10.2. The summed E-state index contributed by atoms with van der Waals surface area (Å²) in [6.45, 7) is 2.37. The number of thioether (sulfide) groups is 1. The Bertz CT molecular complexity index is 1110. The number of carbonyl (C=O) groups excluding carboxylic acids is 2. The second-order valence-electron chi connectivity index (χ2n) is 6.89. The molecule has 0 spiro atoms. The number of nitrogens with one attached hydrogen (secondary N) is 2. The van der Waals surface area contributed by atoms with Gasteiger partial charge >= 0.3 is 5.97 Å². The van der Waals surface area contributed by atoms with Crippen LogP contribution in [0.2, 0.25) is 0 Å². The highest BCUT2D eigenvalue weighted by molar-refractivity contribution is 9.10. The second-order valence-corrected chi connectivity index (χ2v) is 8.79. The van der Waals surface area contributed by atoms with E-state index in [4.69, 9.17) is 14.2 Å². The lowest BCUT2D eigenvalue weighted by atomic mass is 10.1. The van der Waals surface area contributed by atoms with Crippen LogP contribution in [-0.4, -0.2) is 43.4 Å². The first kappa shape index (κ1) is 24.7. The molecular formula is C24H25BrN2O5S. The number of hydrogen-bond acceptors (Lipinski definition) is 6. The van der Waals surface area contributed by atoms with Crippen LogP contribution in [0.5, 0.6) is 11.5 Å². The van der Waals surface area contributed by atoms with Crippen molar-refractivity contribution in [2.75, 3.05) is 26.6 Å². The summed E-state index contributed by atoms with van der Waals surface area (Å²) in [5.74, 6) is 0.779. The summed E-state index contributed by atoms with van der Waals surface area (Å²) in [5, 5.41) is 3.48. The molecule has 0 atom stereocenters. The Balaban J connectivity index is 1.68. The molecule has 9 heteroatoms. The number of carbonyl (C=O) groups is 2. The molecule has 0 fully saturated rings. The monoisotopic (exact) mass is 532 g/mol. The molecule has 0 bridgehead atoms. The van der Waals surface area contributed by atoms with E-state index in [1.165, 1.54) is 11.8 Å². The van der Waals surface area contributed by atoms with E-state index in [1.807, 2.05) is 36.4 Å². The highest BCUT2D eigenvalue weighted by Crippen LogP contribution is 2.33. The van der Waals surface area contributed by atoms with Gasteiger partial charge in [0.25, 0.3) is 0 Å². The summed E-state index contributed by atoms with van der Waals surface area (Å²) in [7, 11) is 3.14. The molecule has 33 heavy (non-hydrogen) atoms. The Morgan fingerprint density at radius 2 is 1.79 bits per heavy atom. The van der Waals surface area contributed by atoms with Crippen LogP contribution in [0.15, 0.2) is 58.2 Å². The highest BCUT2D eigenvalue weighted by Gasteiger charge is 2.22. The van der Waals surface area contributed by atoms with E-state index in [0.29, 0.717) is 28.6 Å². The maximum absolute atomic E-state index is 12.7. The average molecular weight is 533 g/mol. The molecule has 1 aromatic heterocycles. The number of benzene rings is 2. The summed E-state index contributed by atoms with van der Waals surface area (Å²) in [5.41, 5.74) is 2.92. The van der Waals surface area contributed by atoms with Gasteiger partial charge in [-0.25, -0.2) is 4.79 Å². The van der Waals surface area contributed by atoms with E-state index in [9.17, 15) is 9.59 Å². The van der Waals surface area contributed by atoms with Crippen LogP contribution in [0.1, 0.15) is 22.8 Å². The number of methoxy groups -OCH3 is 2. The quantitative estimate of drug-likeness (QED) is 0.280.